The number of thiazole rings is 1. The van der Waals surface area contributed by atoms with Crippen molar-refractivity contribution < 1.29 is 9.53 Å². The molecule has 1 saturated heterocycles. The van der Waals surface area contributed by atoms with Gasteiger partial charge in [0.2, 0.25) is 5.91 Å². The molecular weight excluding hydrogens is 322 g/mol. The summed E-state index contributed by atoms with van der Waals surface area (Å²) in [7, 11) is 1.73. The van der Waals surface area contributed by atoms with E-state index in [0.717, 1.165) is 36.5 Å². The van der Waals surface area contributed by atoms with Gasteiger partial charge in [-0.2, -0.15) is 0 Å². The highest BCUT2D eigenvalue weighted by molar-refractivity contribution is 7.18. The maximum Gasteiger partial charge on any atom is 0.220 e. The van der Waals surface area contributed by atoms with Gasteiger partial charge < -0.3 is 15.4 Å². The number of carbonyl (C=O) groups is 1. The number of nitrogens with zero attached hydrogens (tertiary/aromatic N) is 1. The van der Waals surface area contributed by atoms with Crippen molar-refractivity contribution in [1.82, 2.24) is 15.6 Å². The lowest BCUT2D eigenvalue weighted by Gasteiger charge is -2.37. The number of aromatic nitrogens is 1. The van der Waals surface area contributed by atoms with Gasteiger partial charge >= 0.3 is 0 Å². The number of ether oxygens (including phenoxy) is 1. The molecule has 24 heavy (non-hydrogen) atoms. The van der Waals surface area contributed by atoms with Crippen molar-refractivity contribution in [1.29, 1.82) is 0 Å². The van der Waals surface area contributed by atoms with Gasteiger partial charge in [0.25, 0.3) is 0 Å². The Labute approximate surface area is 146 Å². The molecule has 0 unspecified atom stereocenters. The van der Waals surface area contributed by atoms with E-state index in [-0.39, 0.29) is 11.3 Å². The molecule has 2 aromatic rings. The molecule has 0 aliphatic carbocycles. The summed E-state index contributed by atoms with van der Waals surface area (Å²) in [5, 5.41) is 7.51. The highest BCUT2D eigenvalue weighted by Crippen LogP contribution is 2.28. The third kappa shape index (κ3) is 4.32. The van der Waals surface area contributed by atoms with E-state index in [2.05, 4.69) is 21.7 Å². The normalized spacial score (nSPS) is 17.0. The number of amides is 1. The second kappa shape index (κ2) is 8.05. The predicted octanol–water partition coefficient (Wildman–Crippen LogP) is 2.36. The Morgan fingerprint density at radius 2 is 2.17 bits per heavy atom. The van der Waals surface area contributed by atoms with Crippen LogP contribution in [0.5, 0.6) is 0 Å². The van der Waals surface area contributed by atoms with E-state index in [1.165, 1.54) is 4.70 Å². The van der Waals surface area contributed by atoms with Crippen LogP contribution in [0.4, 0.5) is 0 Å². The predicted molar refractivity (Wildman–Crippen MR) is 97.4 cm³/mol. The topological polar surface area (TPSA) is 63.2 Å². The zero-order valence-corrected chi connectivity index (χ0v) is 15.0. The minimum Gasteiger partial charge on any atom is -0.384 e. The fourth-order valence-electron chi connectivity index (χ4n) is 3.26. The van der Waals surface area contributed by atoms with Gasteiger partial charge in [-0.3, -0.25) is 4.79 Å². The molecule has 0 spiro atoms. The molecule has 0 radical (unpaired) electrons. The van der Waals surface area contributed by atoms with Gasteiger partial charge in [0.05, 0.1) is 21.8 Å². The van der Waals surface area contributed by atoms with Crippen molar-refractivity contribution in [2.45, 2.75) is 25.7 Å². The number of benzene rings is 1. The van der Waals surface area contributed by atoms with Gasteiger partial charge in [0.1, 0.15) is 0 Å². The van der Waals surface area contributed by atoms with Crippen LogP contribution < -0.4 is 10.6 Å². The Bertz CT molecular complexity index is 641. The van der Waals surface area contributed by atoms with Crippen LogP contribution in [0, 0.1) is 5.41 Å². The summed E-state index contributed by atoms with van der Waals surface area (Å²) in [6.07, 6.45) is 3.27. The van der Waals surface area contributed by atoms with Gasteiger partial charge in [0.15, 0.2) is 0 Å². The number of piperidine rings is 1. The Hall–Kier alpha value is -1.50. The number of hydrogen-bond donors (Lipinski definition) is 2. The van der Waals surface area contributed by atoms with Crippen LogP contribution in [0.2, 0.25) is 0 Å². The molecule has 3 rings (SSSR count). The van der Waals surface area contributed by atoms with Crippen molar-refractivity contribution in [3.63, 3.8) is 0 Å². The molecule has 1 amide bonds. The van der Waals surface area contributed by atoms with E-state index >= 15 is 0 Å². The zero-order valence-electron chi connectivity index (χ0n) is 14.1. The second-order valence-corrected chi connectivity index (χ2v) is 7.65. The fourth-order valence-corrected chi connectivity index (χ4v) is 4.22. The third-order valence-corrected chi connectivity index (χ3v) is 5.78. The van der Waals surface area contributed by atoms with Gasteiger partial charge in [-0.05, 0) is 38.1 Å². The van der Waals surface area contributed by atoms with Crippen LogP contribution in [0.25, 0.3) is 10.2 Å². The van der Waals surface area contributed by atoms with Gasteiger partial charge in [-0.15, -0.1) is 11.3 Å². The van der Waals surface area contributed by atoms with Crippen molar-refractivity contribution >= 4 is 27.5 Å². The average molecular weight is 347 g/mol. The summed E-state index contributed by atoms with van der Waals surface area (Å²) >= 11 is 1.67. The molecule has 5 nitrogen and oxygen atoms in total. The quantitative estimate of drug-likeness (QED) is 0.807. The summed E-state index contributed by atoms with van der Waals surface area (Å²) in [6, 6.07) is 8.10. The van der Waals surface area contributed by atoms with Crippen molar-refractivity contribution in [3.05, 3.63) is 29.3 Å². The smallest absolute Gasteiger partial charge is 0.220 e. The van der Waals surface area contributed by atoms with E-state index < -0.39 is 0 Å². The molecule has 0 saturated carbocycles. The SMILES string of the molecule is COCC1(CNC(=O)CCc2nc3ccccc3s2)CCNCC1. The van der Waals surface area contributed by atoms with Gasteiger partial charge in [0, 0.05) is 31.9 Å². The minimum absolute atomic E-state index is 0.0749. The lowest BCUT2D eigenvalue weighted by atomic mass is 9.79. The molecule has 1 fully saturated rings. The minimum atomic E-state index is 0.0749. The molecule has 1 aliphatic rings. The third-order valence-electron chi connectivity index (χ3n) is 4.68. The van der Waals surface area contributed by atoms with E-state index in [1.807, 2.05) is 18.2 Å². The van der Waals surface area contributed by atoms with Crippen LogP contribution in [-0.4, -0.2) is 44.2 Å². The summed E-state index contributed by atoms with van der Waals surface area (Å²) in [5.74, 6) is 0.100. The average Bonchev–Trinajstić information content (AvgIpc) is 3.02. The first kappa shape index (κ1) is 17.3. The standard InChI is InChI=1S/C18H25N3O2S/c1-23-13-18(8-10-19-11-9-18)12-20-16(22)6-7-17-21-14-4-2-3-5-15(14)24-17/h2-5,19H,6-13H2,1H3,(H,20,22). The summed E-state index contributed by atoms with van der Waals surface area (Å²) in [4.78, 5) is 16.8. The van der Waals surface area contributed by atoms with Crippen molar-refractivity contribution in [3.8, 4) is 0 Å². The van der Waals surface area contributed by atoms with Crippen molar-refractivity contribution in [2.24, 2.45) is 5.41 Å². The molecule has 0 bridgehead atoms. The molecule has 6 heteroatoms. The summed E-state index contributed by atoms with van der Waals surface area (Å²) in [6.45, 7) is 3.38. The largest absolute Gasteiger partial charge is 0.384 e. The monoisotopic (exact) mass is 347 g/mol. The first-order valence-electron chi connectivity index (χ1n) is 8.52. The lowest BCUT2D eigenvalue weighted by Crippen LogP contribution is -2.47. The molecule has 1 aromatic carbocycles. The highest BCUT2D eigenvalue weighted by Gasteiger charge is 2.32. The maximum atomic E-state index is 12.2. The zero-order chi connectivity index (χ0) is 16.8. The van der Waals surface area contributed by atoms with Gasteiger partial charge in [-0.25, -0.2) is 4.98 Å². The van der Waals surface area contributed by atoms with Crippen LogP contribution in [0.15, 0.2) is 24.3 Å². The van der Waals surface area contributed by atoms with Crippen LogP contribution in [0.3, 0.4) is 0 Å². The molecule has 2 heterocycles. The fraction of sp³-hybridized carbons (Fsp3) is 0.556. The van der Waals surface area contributed by atoms with E-state index in [9.17, 15) is 4.79 Å². The Balaban J connectivity index is 1.49. The number of hydrogen-bond acceptors (Lipinski definition) is 5. The highest BCUT2D eigenvalue weighted by atomic mass is 32.1. The molecule has 0 atom stereocenters. The first-order chi connectivity index (χ1) is 11.7. The molecule has 1 aromatic heterocycles. The molecule has 2 N–H and O–H groups in total. The lowest BCUT2D eigenvalue weighted by molar-refractivity contribution is -0.122. The maximum absolute atomic E-state index is 12.2. The molecule has 130 valence electrons. The van der Waals surface area contributed by atoms with Crippen LogP contribution >= 0.6 is 11.3 Å². The number of nitrogens with one attached hydrogen (secondary N) is 2. The van der Waals surface area contributed by atoms with E-state index in [1.54, 1.807) is 18.4 Å². The van der Waals surface area contributed by atoms with Gasteiger partial charge in [-0.1, -0.05) is 12.1 Å². The number of carbonyl (C=O) groups excluding carboxylic acids is 1. The number of fused-ring (bicyclic) bond motifs is 1. The number of rotatable bonds is 7. The number of methoxy groups -OCH3 is 1. The molecular formula is C18H25N3O2S. The number of aryl methyl sites for hydroxylation is 1. The summed E-state index contributed by atoms with van der Waals surface area (Å²) in [5.41, 5.74) is 1.09. The number of para-hydroxylation sites is 1. The van der Waals surface area contributed by atoms with Crippen LogP contribution in [-0.2, 0) is 16.0 Å². The van der Waals surface area contributed by atoms with Crippen molar-refractivity contribution in [2.75, 3.05) is 33.4 Å². The van der Waals surface area contributed by atoms with E-state index in [0.29, 0.717) is 26.0 Å². The first-order valence-corrected chi connectivity index (χ1v) is 9.33. The van der Waals surface area contributed by atoms with Crippen LogP contribution in [0.1, 0.15) is 24.3 Å². The molecule has 1 aliphatic heterocycles. The summed E-state index contributed by atoms with van der Waals surface area (Å²) < 4.78 is 6.57. The Morgan fingerprint density at radius 3 is 2.92 bits per heavy atom. The Morgan fingerprint density at radius 1 is 1.38 bits per heavy atom. The van der Waals surface area contributed by atoms with E-state index in [4.69, 9.17) is 4.74 Å². The second-order valence-electron chi connectivity index (χ2n) is 6.54. The Kier molecular flexibility index (Phi) is 5.81.